The van der Waals surface area contributed by atoms with Crippen LogP contribution in [-0.4, -0.2) is 29.8 Å². The maximum absolute atomic E-state index is 12.6. The fourth-order valence-electron chi connectivity index (χ4n) is 2.78. The number of carbonyl (C=O) groups is 2. The van der Waals surface area contributed by atoms with Crippen molar-refractivity contribution >= 4 is 28.2 Å². The highest BCUT2D eigenvalue weighted by molar-refractivity contribution is 7.18. The maximum atomic E-state index is 12.6. The Kier molecular flexibility index (Phi) is 8.64. The van der Waals surface area contributed by atoms with Crippen molar-refractivity contribution in [3.05, 3.63) is 16.0 Å². The van der Waals surface area contributed by atoms with Gasteiger partial charge in [0.2, 0.25) is 5.91 Å². The number of anilines is 1. The Labute approximate surface area is 155 Å². The molecule has 25 heavy (non-hydrogen) atoms. The number of hydrogen-bond donors (Lipinski definition) is 1. The monoisotopic (exact) mass is 363 g/mol. The van der Waals surface area contributed by atoms with Crippen LogP contribution in [0, 0.1) is 24.2 Å². The molecule has 1 unspecified atom stereocenters. The summed E-state index contributed by atoms with van der Waals surface area (Å²) >= 11 is 1.21. The van der Waals surface area contributed by atoms with Gasteiger partial charge in [-0.1, -0.05) is 26.7 Å². The summed E-state index contributed by atoms with van der Waals surface area (Å²) in [4.78, 5) is 27.4. The van der Waals surface area contributed by atoms with Crippen LogP contribution in [-0.2, 0) is 4.79 Å². The largest absolute Gasteiger partial charge is 0.338 e. The van der Waals surface area contributed by atoms with Crippen LogP contribution < -0.4 is 5.32 Å². The van der Waals surface area contributed by atoms with Gasteiger partial charge in [0, 0.05) is 19.0 Å². The van der Waals surface area contributed by atoms with Crippen molar-refractivity contribution in [2.24, 2.45) is 5.92 Å². The zero-order valence-electron chi connectivity index (χ0n) is 15.9. The van der Waals surface area contributed by atoms with Crippen LogP contribution in [0.25, 0.3) is 0 Å². The molecule has 0 radical (unpaired) electrons. The first kappa shape index (κ1) is 21.2. The number of nitrogens with zero attached hydrogens (tertiary/aromatic N) is 2. The minimum atomic E-state index is -0.0810. The SMILES string of the molecule is CCCCC(CC)C(=O)Nc1sc(C(=O)N(CC)CC)c(C)c1C#N. The third kappa shape index (κ3) is 5.05. The first-order chi connectivity index (χ1) is 11.9. The van der Waals surface area contributed by atoms with Gasteiger partial charge < -0.3 is 10.2 Å². The lowest BCUT2D eigenvalue weighted by Crippen LogP contribution is -2.30. The van der Waals surface area contributed by atoms with Crippen LogP contribution in [0.2, 0.25) is 0 Å². The Morgan fingerprint density at radius 1 is 1.24 bits per heavy atom. The summed E-state index contributed by atoms with van der Waals surface area (Å²) in [5.41, 5.74) is 1.06. The average Bonchev–Trinajstić information content (AvgIpc) is 2.91. The van der Waals surface area contributed by atoms with Gasteiger partial charge in [0.25, 0.3) is 5.91 Å². The van der Waals surface area contributed by atoms with Crippen molar-refractivity contribution < 1.29 is 9.59 Å². The van der Waals surface area contributed by atoms with Gasteiger partial charge in [-0.15, -0.1) is 11.3 Å². The molecular weight excluding hydrogens is 334 g/mol. The predicted molar refractivity (Wildman–Crippen MR) is 103 cm³/mol. The molecule has 0 fully saturated rings. The van der Waals surface area contributed by atoms with E-state index in [0.717, 1.165) is 25.7 Å². The van der Waals surface area contributed by atoms with E-state index < -0.39 is 0 Å². The van der Waals surface area contributed by atoms with Crippen LogP contribution in [0.5, 0.6) is 0 Å². The molecule has 1 atom stereocenters. The van der Waals surface area contributed by atoms with Crippen molar-refractivity contribution in [1.29, 1.82) is 5.26 Å². The topological polar surface area (TPSA) is 73.2 Å². The minimum absolute atomic E-state index is 0.0594. The molecule has 5 nitrogen and oxygen atoms in total. The zero-order chi connectivity index (χ0) is 19.0. The lowest BCUT2D eigenvalue weighted by molar-refractivity contribution is -0.120. The molecule has 1 rings (SSSR count). The van der Waals surface area contributed by atoms with Crippen molar-refractivity contribution in [1.82, 2.24) is 4.90 Å². The molecule has 0 spiro atoms. The molecule has 1 aromatic heterocycles. The molecule has 0 aliphatic rings. The van der Waals surface area contributed by atoms with E-state index >= 15 is 0 Å². The van der Waals surface area contributed by atoms with Gasteiger partial charge in [-0.05, 0) is 39.2 Å². The van der Waals surface area contributed by atoms with Gasteiger partial charge in [-0.3, -0.25) is 9.59 Å². The molecular formula is C19H29N3O2S. The number of unbranched alkanes of at least 4 members (excludes halogenated alkanes) is 1. The van der Waals surface area contributed by atoms with Gasteiger partial charge in [-0.25, -0.2) is 0 Å². The molecule has 0 aromatic carbocycles. The number of amides is 2. The van der Waals surface area contributed by atoms with Crippen LogP contribution in [0.3, 0.4) is 0 Å². The van der Waals surface area contributed by atoms with Gasteiger partial charge in [-0.2, -0.15) is 5.26 Å². The number of rotatable bonds is 9. The lowest BCUT2D eigenvalue weighted by atomic mass is 9.98. The Morgan fingerprint density at radius 2 is 1.88 bits per heavy atom. The molecule has 2 amide bonds. The quantitative estimate of drug-likeness (QED) is 0.698. The van der Waals surface area contributed by atoms with Gasteiger partial charge in [0.05, 0.1) is 10.4 Å². The smallest absolute Gasteiger partial charge is 0.264 e. The summed E-state index contributed by atoms with van der Waals surface area (Å²) in [6.07, 6.45) is 3.67. The molecule has 1 aromatic rings. The fraction of sp³-hybridized carbons (Fsp3) is 0.632. The second-order valence-corrected chi connectivity index (χ2v) is 7.11. The third-order valence-corrected chi connectivity index (χ3v) is 5.71. The Hall–Kier alpha value is -1.87. The molecule has 0 aliphatic carbocycles. The van der Waals surface area contributed by atoms with E-state index in [1.165, 1.54) is 11.3 Å². The molecule has 1 heterocycles. The van der Waals surface area contributed by atoms with Crippen molar-refractivity contribution in [3.63, 3.8) is 0 Å². The second-order valence-electron chi connectivity index (χ2n) is 6.09. The van der Waals surface area contributed by atoms with E-state index in [4.69, 9.17) is 0 Å². The van der Waals surface area contributed by atoms with Crippen LogP contribution in [0.4, 0.5) is 5.00 Å². The highest BCUT2D eigenvalue weighted by atomic mass is 32.1. The standard InChI is InChI=1S/C19H29N3O2S/c1-6-10-11-14(7-2)17(23)21-18-15(12-20)13(5)16(25-18)19(24)22(8-3)9-4/h14H,6-11H2,1-5H3,(H,21,23). The highest BCUT2D eigenvalue weighted by Gasteiger charge is 2.25. The van der Waals surface area contributed by atoms with Crippen LogP contribution in [0.15, 0.2) is 0 Å². The lowest BCUT2D eigenvalue weighted by Gasteiger charge is -2.17. The van der Waals surface area contributed by atoms with Gasteiger partial charge >= 0.3 is 0 Å². The van der Waals surface area contributed by atoms with Crippen LogP contribution in [0.1, 0.15) is 74.2 Å². The van der Waals surface area contributed by atoms with E-state index in [1.807, 2.05) is 20.8 Å². The summed E-state index contributed by atoms with van der Waals surface area (Å²) in [5.74, 6) is -0.200. The molecule has 138 valence electrons. The average molecular weight is 364 g/mol. The van der Waals surface area contributed by atoms with Gasteiger partial charge in [0.15, 0.2) is 0 Å². The fourth-order valence-corrected chi connectivity index (χ4v) is 3.91. The summed E-state index contributed by atoms with van der Waals surface area (Å²) in [7, 11) is 0. The predicted octanol–water partition coefficient (Wildman–Crippen LogP) is 4.57. The molecule has 6 heteroatoms. The first-order valence-electron chi connectivity index (χ1n) is 9.08. The molecule has 0 saturated heterocycles. The normalized spacial score (nSPS) is 11.7. The Morgan fingerprint density at radius 3 is 2.36 bits per heavy atom. The number of carbonyl (C=O) groups excluding carboxylic acids is 2. The van der Waals surface area contributed by atoms with E-state index in [-0.39, 0.29) is 17.7 Å². The summed E-state index contributed by atoms with van der Waals surface area (Å²) in [6, 6.07) is 2.14. The van der Waals surface area contributed by atoms with E-state index in [2.05, 4.69) is 18.3 Å². The van der Waals surface area contributed by atoms with Gasteiger partial charge in [0.1, 0.15) is 11.1 Å². The zero-order valence-corrected chi connectivity index (χ0v) is 16.8. The molecule has 1 N–H and O–H groups in total. The summed E-state index contributed by atoms with van der Waals surface area (Å²) < 4.78 is 0. The van der Waals surface area contributed by atoms with E-state index in [1.54, 1.807) is 11.8 Å². The number of nitrogens with one attached hydrogen (secondary N) is 1. The van der Waals surface area contributed by atoms with E-state index in [0.29, 0.717) is 34.1 Å². The van der Waals surface area contributed by atoms with Crippen LogP contribution >= 0.6 is 11.3 Å². The summed E-state index contributed by atoms with van der Waals surface area (Å²) in [6.45, 7) is 11.0. The Balaban J connectivity index is 3.09. The van der Waals surface area contributed by atoms with E-state index in [9.17, 15) is 14.9 Å². The first-order valence-corrected chi connectivity index (χ1v) is 9.90. The maximum Gasteiger partial charge on any atom is 0.264 e. The molecule has 0 bridgehead atoms. The summed E-state index contributed by atoms with van der Waals surface area (Å²) in [5, 5.41) is 12.9. The minimum Gasteiger partial charge on any atom is -0.338 e. The van der Waals surface area contributed by atoms with Crippen molar-refractivity contribution in [2.45, 2.75) is 60.3 Å². The molecule has 0 aliphatic heterocycles. The number of nitriles is 1. The number of hydrogen-bond acceptors (Lipinski definition) is 4. The second kappa shape index (κ2) is 10.2. The van der Waals surface area contributed by atoms with Crippen molar-refractivity contribution in [2.75, 3.05) is 18.4 Å². The molecule has 0 saturated carbocycles. The third-order valence-electron chi connectivity index (χ3n) is 4.51. The number of thiophene rings is 1. The van der Waals surface area contributed by atoms with Crippen molar-refractivity contribution in [3.8, 4) is 6.07 Å². The Bertz CT molecular complexity index is 642. The highest BCUT2D eigenvalue weighted by Crippen LogP contribution is 2.34.